The zero-order valence-electron chi connectivity index (χ0n) is 14.6. The van der Waals surface area contributed by atoms with Crippen molar-refractivity contribution < 1.29 is 18.7 Å². The Kier molecular flexibility index (Phi) is 5.06. The largest absolute Gasteiger partial charge is 0.463 e. The summed E-state index contributed by atoms with van der Waals surface area (Å²) < 4.78 is 10.2. The molecular formula is C18H17N3O4S2. The molecule has 0 fully saturated rings. The third-order valence-corrected chi connectivity index (χ3v) is 6.07. The lowest BCUT2D eigenvalue weighted by molar-refractivity contribution is 0.0560. The lowest BCUT2D eigenvalue weighted by Crippen LogP contribution is -2.29. The highest BCUT2D eigenvalue weighted by atomic mass is 32.1. The summed E-state index contributed by atoms with van der Waals surface area (Å²) in [6, 6.07) is 7.06. The highest BCUT2D eigenvalue weighted by Gasteiger charge is 2.23. The number of furan rings is 1. The zero-order valence-corrected chi connectivity index (χ0v) is 16.2. The van der Waals surface area contributed by atoms with Crippen LogP contribution in [0.5, 0.6) is 0 Å². The number of esters is 1. The molecule has 140 valence electrons. The monoisotopic (exact) mass is 403 g/mol. The van der Waals surface area contributed by atoms with Gasteiger partial charge in [0.1, 0.15) is 5.76 Å². The Morgan fingerprint density at radius 3 is 3.04 bits per heavy atom. The fourth-order valence-corrected chi connectivity index (χ4v) is 4.56. The van der Waals surface area contributed by atoms with Crippen molar-refractivity contribution in [1.29, 1.82) is 0 Å². The summed E-state index contributed by atoms with van der Waals surface area (Å²) >= 11 is 2.91. The molecule has 0 spiro atoms. The van der Waals surface area contributed by atoms with Crippen LogP contribution in [0.25, 0.3) is 0 Å². The van der Waals surface area contributed by atoms with Gasteiger partial charge in [-0.1, -0.05) is 6.07 Å². The molecule has 0 atom stereocenters. The molecule has 1 amide bonds. The van der Waals surface area contributed by atoms with Gasteiger partial charge in [-0.25, -0.2) is 9.78 Å². The van der Waals surface area contributed by atoms with E-state index in [1.54, 1.807) is 18.2 Å². The van der Waals surface area contributed by atoms with Crippen molar-refractivity contribution >= 4 is 39.7 Å². The van der Waals surface area contributed by atoms with E-state index in [1.165, 1.54) is 29.8 Å². The van der Waals surface area contributed by atoms with Gasteiger partial charge >= 0.3 is 5.97 Å². The molecule has 27 heavy (non-hydrogen) atoms. The first-order chi connectivity index (χ1) is 13.1. The lowest BCUT2D eigenvalue weighted by atomic mass is 10.2. The van der Waals surface area contributed by atoms with Crippen LogP contribution < -0.4 is 5.32 Å². The quantitative estimate of drug-likeness (QED) is 0.658. The average Bonchev–Trinajstić information content (AvgIpc) is 3.41. The molecule has 0 aliphatic carbocycles. The Labute approximate surface area is 163 Å². The van der Waals surface area contributed by atoms with Gasteiger partial charge in [-0.05, 0) is 23.6 Å². The van der Waals surface area contributed by atoms with Crippen molar-refractivity contribution in [2.75, 3.05) is 19.0 Å². The molecular weight excluding hydrogens is 386 g/mol. The van der Waals surface area contributed by atoms with E-state index < -0.39 is 5.97 Å². The Bertz CT molecular complexity index is 961. The highest BCUT2D eigenvalue weighted by Crippen LogP contribution is 2.29. The van der Waals surface area contributed by atoms with E-state index >= 15 is 0 Å². The van der Waals surface area contributed by atoms with Crippen LogP contribution in [0, 0.1) is 0 Å². The van der Waals surface area contributed by atoms with E-state index in [9.17, 15) is 9.59 Å². The van der Waals surface area contributed by atoms with E-state index in [1.807, 2.05) is 11.4 Å². The van der Waals surface area contributed by atoms with Crippen LogP contribution in [-0.2, 0) is 24.2 Å². The summed E-state index contributed by atoms with van der Waals surface area (Å²) in [7, 11) is 1.33. The Hall–Kier alpha value is -2.49. The topological polar surface area (TPSA) is 84.7 Å². The molecule has 0 saturated carbocycles. The number of aromatic nitrogens is 1. The molecule has 0 aromatic carbocycles. The maximum atomic E-state index is 12.2. The smallest absolute Gasteiger partial charge is 0.373 e. The van der Waals surface area contributed by atoms with Gasteiger partial charge in [-0.3, -0.25) is 15.0 Å². The molecule has 1 aliphatic rings. The number of thiazole rings is 1. The summed E-state index contributed by atoms with van der Waals surface area (Å²) in [6.07, 6.45) is 0.811. The summed E-state index contributed by atoms with van der Waals surface area (Å²) in [4.78, 5) is 32.3. The van der Waals surface area contributed by atoms with E-state index in [0.717, 1.165) is 35.8 Å². The van der Waals surface area contributed by atoms with Gasteiger partial charge in [-0.2, -0.15) is 0 Å². The second-order valence-corrected chi connectivity index (χ2v) is 8.07. The number of hydrogen-bond donors (Lipinski definition) is 1. The zero-order chi connectivity index (χ0) is 18.8. The minimum absolute atomic E-state index is 0.126. The van der Waals surface area contributed by atoms with Crippen LogP contribution in [0.4, 0.5) is 5.13 Å². The Balaban J connectivity index is 1.40. The number of nitrogens with one attached hydrogen (secondary N) is 1. The van der Waals surface area contributed by atoms with Crippen molar-refractivity contribution in [2.45, 2.75) is 19.5 Å². The van der Waals surface area contributed by atoms with Gasteiger partial charge in [0.05, 0.1) is 24.2 Å². The van der Waals surface area contributed by atoms with Gasteiger partial charge in [0.15, 0.2) is 5.13 Å². The van der Waals surface area contributed by atoms with Crippen molar-refractivity contribution in [3.05, 3.63) is 56.6 Å². The fraction of sp³-hybridized carbons (Fsp3) is 0.278. The standard InChI is InChI=1S/C18H17N3O4S2/c1-24-17(23)13-5-4-11(25-13)9-21-7-6-12-15(10-21)27-18(19-12)20-16(22)14-3-2-8-26-14/h2-5,8H,6-7,9-10H2,1H3,(H,19,20,22). The molecule has 0 bridgehead atoms. The molecule has 1 N–H and O–H groups in total. The number of methoxy groups -OCH3 is 1. The molecule has 0 radical (unpaired) electrons. The number of hydrogen-bond acceptors (Lipinski definition) is 8. The summed E-state index contributed by atoms with van der Waals surface area (Å²) in [6.45, 7) is 2.17. The summed E-state index contributed by atoms with van der Waals surface area (Å²) in [5.41, 5.74) is 1.03. The Morgan fingerprint density at radius 2 is 2.26 bits per heavy atom. The number of thiophene rings is 1. The van der Waals surface area contributed by atoms with E-state index in [2.05, 4.69) is 19.9 Å². The summed E-state index contributed by atoms with van der Waals surface area (Å²) in [5.74, 6) is 0.325. The van der Waals surface area contributed by atoms with Crippen molar-refractivity contribution in [3.8, 4) is 0 Å². The third kappa shape index (κ3) is 3.95. The number of nitrogens with zero attached hydrogens (tertiary/aromatic N) is 2. The number of ether oxygens (including phenoxy) is 1. The van der Waals surface area contributed by atoms with Crippen LogP contribution in [0.2, 0.25) is 0 Å². The van der Waals surface area contributed by atoms with Crippen LogP contribution in [0.15, 0.2) is 34.1 Å². The van der Waals surface area contributed by atoms with E-state index in [4.69, 9.17) is 4.42 Å². The number of fused-ring (bicyclic) bond motifs is 1. The fourth-order valence-electron chi connectivity index (χ4n) is 2.90. The van der Waals surface area contributed by atoms with Gasteiger partial charge in [-0.15, -0.1) is 22.7 Å². The number of carbonyl (C=O) groups is 2. The minimum atomic E-state index is -0.476. The van der Waals surface area contributed by atoms with Gasteiger partial charge in [0.25, 0.3) is 5.91 Å². The van der Waals surface area contributed by atoms with Gasteiger partial charge < -0.3 is 9.15 Å². The molecule has 3 aromatic heterocycles. The molecule has 0 saturated heterocycles. The predicted octanol–water partition coefficient (Wildman–Crippen LogP) is 3.39. The van der Waals surface area contributed by atoms with Crippen LogP contribution in [0.3, 0.4) is 0 Å². The van der Waals surface area contributed by atoms with E-state index in [-0.39, 0.29) is 11.7 Å². The summed E-state index contributed by atoms with van der Waals surface area (Å²) in [5, 5.41) is 5.38. The third-order valence-electron chi connectivity index (χ3n) is 4.20. The number of amides is 1. The maximum absolute atomic E-state index is 12.2. The van der Waals surface area contributed by atoms with Crippen LogP contribution >= 0.6 is 22.7 Å². The minimum Gasteiger partial charge on any atom is -0.463 e. The number of rotatable bonds is 5. The highest BCUT2D eigenvalue weighted by molar-refractivity contribution is 7.16. The Morgan fingerprint density at radius 1 is 1.37 bits per heavy atom. The first kappa shape index (κ1) is 17.9. The molecule has 9 heteroatoms. The molecule has 4 heterocycles. The second kappa shape index (κ2) is 7.63. The van der Waals surface area contributed by atoms with Crippen molar-refractivity contribution in [3.63, 3.8) is 0 Å². The molecule has 4 rings (SSSR count). The second-order valence-electron chi connectivity index (χ2n) is 6.04. The average molecular weight is 403 g/mol. The van der Waals surface area contributed by atoms with Gasteiger partial charge in [0, 0.05) is 24.4 Å². The van der Waals surface area contributed by atoms with Crippen molar-refractivity contribution in [2.24, 2.45) is 0 Å². The normalized spacial score (nSPS) is 14.0. The van der Waals surface area contributed by atoms with Crippen LogP contribution in [0.1, 0.15) is 36.6 Å². The molecule has 1 aliphatic heterocycles. The predicted molar refractivity (Wildman–Crippen MR) is 102 cm³/mol. The molecule has 7 nitrogen and oxygen atoms in total. The van der Waals surface area contributed by atoms with Crippen LogP contribution in [-0.4, -0.2) is 35.4 Å². The SMILES string of the molecule is COC(=O)c1ccc(CN2CCc3nc(NC(=O)c4cccs4)sc3C2)o1. The first-order valence-electron chi connectivity index (χ1n) is 8.35. The van der Waals surface area contributed by atoms with E-state index in [0.29, 0.717) is 16.6 Å². The molecule has 0 unspecified atom stereocenters. The lowest BCUT2D eigenvalue weighted by Gasteiger charge is -2.24. The molecule has 3 aromatic rings. The maximum Gasteiger partial charge on any atom is 0.373 e. The van der Waals surface area contributed by atoms with Crippen molar-refractivity contribution in [1.82, 2.24) is 9.88 Å². The number of carbonyl (C=O) groups excluding carboxylic acids is 2. The first-order valence-corrected chi connectivity index (χ1v) is 10.0. The number of anilines is 1. The van der Waals surface area contributed by atoms with Gasteiger partial charge in [0.2, 0.25) is 5.76 Å².